The number of thiocarbonyl (C=S) groups is 1. The van der Waals surface area contributed by atoms with Crippen molar-refractivity contribution in [3.63, 3.8) is 0 Å². The van der Waals surface area contributed by atoms with Crippen molar-refractivity contribution >= 4 is 50.5 Å². The number of nitrogens with one attached hydrogen (secondary N) is 2. The number of phenols is 1. The van der Waals surface area contributed by atoms with Crippen LogP contribution in [0.25, 0.3) is 0 Å². The third-order valence-corrected chi connectivity index (χ3v) is 4.44. The fraction of sp³-hybridized carbons (Fsp3) is 0.222. The minimum Gasteiger partial charge on any atom is -0.506 e. The Kier molecular flexibility index (Phi) is 7.70. The molecule has 0 radical (unpaired) electrons. The van der Waals surface area contributed by atoms with Gasteiger partial charge < -0.3 is 15.2 Å². The highest BCUT2D eigenvalue weighted by Crippen LogP contribution is 2.28. The highest BCUT2D eigenvalue weighted by atomic mass is 79.9. The Bertz CT molecular complexity index is 907. The summed E-state index contributed by atoms with van der Waals surface area (Å²) >= 11 is 8.44. The van der Waals surface area contributed by atoms with Crippen LogP contribution in [0.1, 0.15) is 30.1 Å². The molecular weight excluding hydrogens is 450 g/mol. The molecule has 1 amide bonds. The Morgan fingerprint density at radius 1 is 1.32 bits per heavy atom. The zero-order valence-corrected chi connectivity index (χ0v) is 17.3. The van der Waals surface area contributed by atoms with Gasteiger partial charge in [0.2, 0.25) is 0 Å². The van der Waals surface area contributed by atoms with Crippen molar-refractivity contribution in [1.29, 1.82) is 0 Å². The molecule has 0 atom stereocenters. The van der Waals surface area contributed by atoms with Crippen LogP contribution in [0.3, 0.4) is 0 Å². The first kappa shape index (κ1) is 21.6. The molecule has 0 heterocycles. The van der Waals surface area contributed by atoms with Gasteiger partial charge in [-0.15, -0.1) is 0 Å². The maximum Gasteiger partial charge on any atom is 0.273 e. The van der Waals surface area contributed by atoms with E-state index < -0.39 is 10.8 Å². The molecule has 148 valence electrons. The molecule has 8 nitrogen and oxygen atoms in total. The fourth-order valence-electron chi connectivity index (χ4n) is 2.15. The van der Waals surface area contributed by atoms with Gasteiger partial charge in [0.05, 0.1) is 27.8 Å². The molecule has 0 saturated carbocycles. The summed E-state index contributed by atoms with van der Waals surface area (Å²) in [5.41, 5.74) is 0.229. The second kappa shape index (κ2) is 10.00. The van der Waals surface area contributed by atoms with Crippen molar-refractivity contribution in [3.8, 4) is 11.5 Å². The van der Waals surface area contributed by atoms with Crippen LogP contribution < -0.4 is 15.4 Å². The molecule has 2 aromatic carbocycles. The van der Waals surface area contributed by atoms with Gasteiger partial charge in [-0.1, -0.05) is 13.3 Å². The maximum atomic E-state index is 12.3. The number of aromatic hydroxyl groups is 1. The molecular formula is C18H18BrN3O5S. The number of phenolic OH excluding ortho intramolecular Hbond substituents is 1. The van der Waals surface area contributed by atoms with Gasteiger partial charge in [0.1, 0.15) is 11.5 Å². The van der Waals surface area contributed by atoms with E-state index in [0.29, 0.717) is 22.4 Å². The minimum absolute atomic E-state index is 0.0615. The number of hydrogen-bond donors (Lipinski definition) is 3. The van der Waals surface area contributed by atoms with E-state index in [4.69, 9.17) is 17.0 Å². The number of ether oxygens (including phenoxy) is 1. The summed E-state index contributed by atoms with van der Waals surface area (Å²) in [6, 6.07) is 8.40. The number of rotatable bonds is 7. The quantitative estimate of drug-likeness (QED) is 0.182. The van der Waals surface area contributed by atoms with Crippen LogP contribution in [0.5, 0.6) is 11.5 Å². The Hall–Kier alpha value is -2.72. The third kappa shape index (κ3) is 5.89. The number of benzene rings is 2. The second-order valence-corrected chi connectivity index (χ2v) is 6.98. The van der Waals surface area contributed by atoms with Crippen molar-refractivity contribution in [2.45, 2.75) is 19.8 Å². The lowest BCUT2D eigenvalue weighted by Gasteiger charge is -2.12. The molecule has 0 fully saturated rings. The van der Waals surface area contributed by atoms with Crippen molar-refractivity contribution < 1.29 is 19.6 Å². The van der Waals surface area contributed by atoms with Gasteiger partial charge in [-0.2, -0.15) is 0 Å². The van der Waals surface area contributed by atoms with E-state index >= 15 is 0 Å². The Labute approximate surface area is 175 Å². The van der Waals surface area contributed by atoms with Crippen molar-refractivity contribution in [2.24, 2.45) is 0 Å². The molecule has 10 heteroatoms. The van der Waals surface area contributed by atoms with Crippen LogP contribution >= 0.6 is 28.1 Å². The predicted molar refractivity (Wildman–Crippen MR) is 113 cm³/mol. The van der Waals surface area contributed by atoms with Crippen LogP contribution in [-0.4, -0.2) is 27.7 Å². The van der Waals surface area contributed by atoms with Crippen molar-refractivity contribution in [1.82, 2.24) is 5.32 Å². The van der Waals surface area contributed by atoms with Gasteiger partial charge in [0.15, 0.2) is 5.11 Å². The van der Waals surface area contributed by atoms with E-state index in [1.54, 1.807) is 18.2 Å². The number of anilines is 1. The number of halogens is 1. The predicted octanol–water partition coefficient (Wildman–Crippen LogP) is 4.37. The highest BCUT2D eigenvalue weighted by Gasteiger charge is 2.14. The summed E-state index contributed by atoms with van der Waals surface area (Å²) < 4.78 is 6.26. The minimum atomic E-state index is -0.628. The number of nitro groups is 1. The van der Waals surface area contributed by atoms with Gasteiger partial charge in [-0.25, -0.2) is 0 Å². The number of nitro benzene ring substituents is 1. The summed E-state index contributed by atoms with van der Waals surface area (Å²) in [7, 11) is 0. The topological polar surface area (TPSA) is 114 Å². The first-order chi connectivity index (χ1) is 13.3. The zero-order valence-electron chi connectivity index (χ0n) is 14.9. The average molecular weight is 468 g/mol. The van der Waals surface area contributed by atoms with Crippen molar-refractivity contribution in [3.05, 3.63) is 56.5 Å². The summed E-state index contributed by atoms with van der Waals surface area (Å²) in [6.07, 6.45) is 1.96. The maximum absolute atomic E-state index is 12.3. The van der Waals surface area contributed by atoms with Crippen LogP contribution in [0, 0.1) is 10.1 Å². The number of hydrogen-bond acceptors (Lipinski definition) is 6. The first-order valence-corrected chi connectivity index (χ1v) is 9.54. The van der Waals surface area contributed by atoms with Crippen LogP contribution in [0.2, 0.25) is 0 Å². The van der Waals surface area contributed by atoms with Crippen LogP contribution in [0.4, 0.5) is 11.4 Å². The van der Waals surface area contributed by atoms with Gasteiger partial charge >= 0.3 is 0 Å². The summed E-state index contributed by atoms with van der Waals surface area (Å²) in [5.74, 6) is -0.177. The first-order valence-electron chi connectivity index (χ1n) is 8.34. The molecule has 0 bridgehead atoms. The number of carbonyl (C=O) groups is 1. The summed E-state index contributed by atoms with van der Waals surface area (Å²) in [5, 5.41) is 25.6. The van der Waals surface area contributed by atoms with E-state index in [9.17, 15) is 20.0 Å². The molecule has 2 aromatic rings. The van der Waals surface area contributed by atoms with E-state index in [1.807, 2.05) is 0 Å². The summed E-state index contributed by atoms with van der Waals surface area (Å²) in [6.45, 7) is 2.66. The lowest BCUT2D eigenvalue weighted by atomic mass is 10.2. The normalized spacial score (nSPS) is 10.2. The highest BCUT2D eigenvalue weighted by molar-refractivity contribution is 9.10. The van der Waals surface area contributed by atoms with Gasteiger partial charge in [-0.05, 0) is 58.8 Å². The number of nitrogens with zero attached hydrogens (tertiary/aromatic N) is 1. The molecule has 0 spiro atoms. The molecule has 2 rings (SSSR count). The molecule has 0 saturated heterocycles. The lowest BCUT2D eigenvalue weighted by molar-refractivity contribution is -0.384. The van der Waals surface area contributed by atoms with E-state index in [0.717, 1.165) is 18.9 Å². The molecule has 0 aliphatic heterocycles. The summed E-state index contributed by atoms with van der Waals surface area (Å²) in [4.78, 5) is 22.4. The number of unbranched alkanes of at least 4 members (excludes halogenated alkanes) is 1. The zero-order chi connectivity index (χ0) is 20.7. The lowest BCUT2D eigenvalue weighted by Crippen LogP contribution is -2.34. The monoisotopic (exact) mass is 467 g/mol. The van der Waals surface area contributed by atoms with Crippen LogP contribution in [-0.2, 0) is 0 Å². The molecule has 0 unspecified atom stereocenters. The third-order valence-electron chi connectivity index (χ3n) is 3.62. The van der Waals surface area contributed by atoms with Gasteiger partial charge in [0, 0.05) is 11.6 Å². The smallest absolute Gasteiger partial charge is 0.273 e. The van der Waals surface area contributed by atoms with E-state index in [2.05, 4.69) is 33.5 Å². The van der Waals surface area contributed by atoms with Gasteiger partial charge in [0.25, 0.3) is 11.6 Å². The molecule has 0 aromatic heterocycles. The molecule has 0 aliphatic carbocycles. The second-order valence-electron chi connectivity index (χ2n) is 5.71. The fourth-order valence-corrected chi connectivity index (χ4v) is 2.85. The molecule has 0 aliphatic rings. The van der Waals surface area contributed by atoms with Crippen LogP contribution in [0.15, 0.2) is 40.9 Å². The Morgan fingerprint density at radius 3 is 2.68 bits per heavy atom. The molecule has 28 heavy (non-hydrogen) atoms. The van der Waals surface area contributed by atoms with E-state index in [1.165, 1.54) is 12.1 Å². The number of carbonyl (C=O) groups excluding carboxylic acids is 1. The standard InChI is InChI=1S/C18H18BrN3O5S/c1-2-3-8-27-16-7-4-11(9-13(16)19)17(24)21-18(28)20-14-6-5-12(22(25)26)10-15(14)23/h4-7,9-10,23H,2-3,8H2,1H3,(H2,20,21,24,28). The molecule has 3 N–H and O–H groups in total. The number of amides is 1. The van der Waals surface area contributed by atoms with Crippen molar-refractivity contribution in [2.75, 3.05) is 11.9 Å². The van der Waals surface area contributed by atoms with E-state index in [-0.39, 0.29) is 22.2 Å². The Balaban J connectivity index is 1.99. The average Bonchev–Trinajstić information content (AvgIpc) is 2.64. The van der Waals surface area contributed by atoms with Gasteiger partial charge in [-0.3, -0.25) is 20.2 Å². The SMILES string of the molecule is CCCCOc1ccc(C(=O)NC(=S)Nc2ccc([N+](=O)[O-])cc2O)cc1Br. The largest absolute Gasteiger partial charge is 0.506 e. The number of non-ortho nitro benzene ring substituents is 1. The Morgan fingerprint density at radius 2 is 2.07 bits per heavy atom.